The fourth-order valence-corrected chi connectivity index (χ4v) is 6.84. The molecule has 3 aromatic rings. The highest BCUT2D eigenvalue weighted by Crippen LogP contribution is 2.41. The fourth-order valence-electron chi connectivity index (χ4n) is 6.84. The monoisotopic (exact) mass is 579 g/mol. The molecule has 224 valence electrons. The summed E-state index contributed by atoms with van der Waals surface area (Å²) in [6.07, 6.45) is -2.37. The SMILES string of the molecule is Cc1cc(COc2ccc3[nH]c4c(c3c2)CC[C@H]4CC(=O)OC2O[C@H](C(=O)O)[C@@H](O)[C@H](O)[C@H]2O)ccc1C1CCCC1. The second-order valence-electron chi connectivity index (χ2n) is 11.9. The fraction of sp³-hybridized carbons (Fsp3) is 0.500. The highest BCUT2D eigenvalue weighted by atomic mass is 16.7. The molecule has 1 saturated heterocycles. The Morgan fingerprint density at radius 2 is 1.79 bits per heavy atom. The van der Waals surface area contributed by atoms with Crippen molar-refractivity contribution < 1.29 is 44.2 Å². The van der Waals surface area contributed by atoms with Gasteiger partial charge >= 0.3 is 11.9 Å². The van der Waals surface area contributed by atoms with Crippen LogP contribution in [0.1, 0.15) is 78.3 Å². The van der Waals surface area contributed by atoms with Crippen molar-refractivity contribution >= 4 is 22.8 Å². The van der Waals surface area contributed by atoms with Crippen LogP contribution in [0.3, 0.4) is 0 Å². The maximum atomic E-state index is 12.8. The van der Waals surface area contributed by atoms with Crippen molar-refractivity contribution in [3.8, 4) is 5.75 Å². The van der Waals surface area contributed by atoms with Gasteiger partial charge in [-0.2, -0.15) is 0 Å². The average Bonchev–Trinajstić information content (AvgIpc) is 3.71. The van der Waals surface area contributed by atoms with E-state index in [0.29, 0.717) is 18.9 Å². The molecular weight excluding hydrogens is 542 g/mol. The molecule has 0 radical (unpaired) electrons. The van der Waals surface area contributed by atoms with Crippen molar-refractivity contribution in [3.63, 3.8) is 0 Å². The summed E-state index contributed by atoms with van der Waals surface area (Å²) in [5.41, 5.74) is 6.91. The molecule has 2 fully saturated rings. The lowest BCUT2D eigenvalue weighted by molar-refractivity contribution is -0.286. The number of rotatable bonds is 8. The van der Waals surface area contributed by atoms with E-state index < -0.39 is 42.6 Å². The molecule has 1 aromatic heterocycles. The maximum Gasteiger partial charge on any atom is 0.335 e. The number of fused-ring (bicyclic) bond motifs is 3. The molecule has 0 spiro atoms. The number of aromatic nitrogens is 1. The number of aliphatic carboxylic acids is 1. The first-order chi connectivity index (χ1) is 20.2. The summed E-state index contributed by atoms with van der Waals surface area (Å²) in [7, 11) is 0. The first-order valence-electron chi connectivity index (χ1n) is 14.7. The molecule has 10 heteroatoms. The molecule has 2 heterocycles. The summed E-state index contributed by atoms with van der Waals surface area (Å²) < 4.78 is 16.5. The number of ether oxygens (including phenoxy) is 3. The molecule has 0 amide bonds. The third kappa shape index (κ3) is 5.51. The largest absolute Gasteiger partial charge is 0.489 e. The van der Waals surface area contributed by atoms with Crippen LogP contribution >= 0.6 is 0 Å². The van der Waals surface area contributed by atoms with Crippen LogP contribution in [-0.4, -0.2) is 68.1 Å². The molecule has 42 heavy (non-hydrogen) atoms. The minimum atomic E-state index is -1.85. The number of carbonyl (C=O) groups excluding carboxylic acids is 1. The van der Waals surface area contributed by atoms with Crippen molar-refractivity contribution in [1.82, 2.24) is 4.98 Å². The molecule has 0 bridgehead atoms. The van der Waals surface area contributed by atoms with E-state index in [0.717, 1.165) is 39.9 Å². The lowest BCUT2D eigenvalue weighted by Gasteiger charge is -2.38. The number of carboxylic acid groups (broad SMARTS) is 1. The number of aliphatic hydroxyl groups excluding tert-OH is 3. The number of aryl methyl sites for hydroxylation is 2. The van der Waals surface area contributed by atoms with Crippen molar-refractivity contribution in [2.75, 3.05) is 0 Å². The molecular formula is C32H37NO9. The predicted octanol–water partition coefficient (Wildman–Crippen LogP) is 3.57. The Labute approximate surface area is 243 Å². The second-order valence-corrected chi connectivity index (χ2v) is 11.9. The lowest BCUT2D eigenvalue weighted by Crippen LogP contribution is -2.60. The van der Waals surface area contributed by atoms with Gasteiger partial charge in [0.25, 0.3) is 0 Å². The molecule has 1 aliphatic heterocycles. The second kappa shape index (κ2) is 11.7. The van der Waals surface area contributed by atoms with Gasteiger partial charge in [0.05, 0.1) is 6.42 Å². The highest BCUT2D eigenvalue weighted by molar-refractivity contribution is 5.87. The average molecular weight is 580 g/mol. The summed E-state index contributed by atoms with van der Waals surface area (Å²) >= 11 is 0. The van der Waals surface area contributed by atoms with E-state index in [-0.39, 0.29) is 12.3 Å². The Balaban J connectivity index is 1.09. The van der Waals surface area contributed by atoms with Gasteiger partial charge < -0.3 is 39.6 Å². The third-order valence-electron chi connectivity index (χ3n) is 9.07. The van der Waals surface area contributed by atoms with Crippen LogP contribution in [0.15, 0.2) is 36.4 Å². The highest BCUT2D eigenvalue weighted by Gasteiger charge is 2.48. The standard InChI is InChI=1S/C32H37NO9/c1-16-12-17(6-9-21(16)18-4-2-3-5-18)15-40-20-8-11-24-23(14-20)22-10-7-19(26(22)33-24)13-25(34)41-32-29(37)27(35)28(36)30(42-32)31(38)39/h6,8-9,11-12,14,18-19,27-30,32-33,35-37H,2-5,7,10,13,15H2,1H3,(H,38,39)/t19-,27-,28-,29+,30-,32?/m0/s1. The smallest absolute Gasteiger partial charge is 0.335 e. The molecule has 2 aromatic carbocycles. The molecule has 1 unspecified atom stereocenters. The van der Waals surface area contributed by atoms with E-state index in [2.05, 4.69) is 30.1 Å². The molecule has 6 atom stereocenters. The number of aliphatic hydroxyl groups is 3. The maximum absolute atomic E-state index is 12.8. The third-order valence-corrected chi connectivity index (χ3v) is 9.07. The zero-order valence-corrected chi connectivity index (χ0v) is 23.5. The van der Waals surface area contributed by atoms with Crippen LogP contribution in [-0.2, 0) is 32.1 Å². The van der Waals surface area contributed by atoms with Gasteiger partial charge in [0.2, 0.25) is 6.29 Å². The molecule has 6 rings (SSSR count). The van der Waals surface area contributed by atoms with E-state index in [1.165, 1.54) is 36.8 Å². The van der Waals surface area contributed by atoms with Crippen molar-refractivity contribution in [2.24, 2.45) is 0 Å². The molecule has 2 aliphatic carbocycles. The first kappa shape index (κ1) is 28.7. The molecule has 1 saturated carbocycles. The summed E-state index contributed by atoms with van der Waals surface area (Å²) in [6, 6.07) is 12.6. The van der Waals surface area contributed by atoms with Crippen LogP contribution in [0.2, 0.25) is 0 Å². The van der Waals surface area contributed by atoms with Crippen LogP contribution in [0.5, 0.6) is 5.75 Å². The predicted molar refractivity (Wildman–Crippen MR) is 151 cm³/mol. The van der Waals surface area contributed by atoms with Gasteiger partial charge in [0.15, 0.2) is 6.10 Å². The minimum absolute atomic E-state index is 0.0254. The van der Waals surface area contributed by atoms with Gasteiger partial charge in [-0.15, -0.1) is 0 Å². The number of carboxylic acids is 1. The van der Waals surface area contributed by atoms with Gasteiger partial charge in [-0.25, -0.2) is 4.79 Å². The topological polar surface area (TPSA) is 159 Å². The Morgan fingerprint density at radius 1 is 1.00 bits per heavy atom. The number of hydrogen-bond acceptors (Lipinski definition) is 8. The summed E-state index contributed by atoms with van der Waals surface area (Å²) in [6.45, 7) is 2.66. The lowest BCUT2D eigenvalue weighted by atomic mass is 9.92. The Kier molecular flexibility index (Phi) is 7.97. The van der Waals surface area contributed by atoms with Crippen molar-refractivity contribution in [1.29, 1.82) is 0 Å². The normalized spacial score (nSPS) is 27.7. The number of carbonyl (C=O) groups is 2. The molecule has 3 aliphatic rings. The number of esters is 1. The van der Waals surface area contributed by atoms with Crippen molar-refractivity contribution in [2.45, 2.75) is 101 Å². The van der Waals surface area contributed by atoms with Gasteiger partial charge in [-0.1, -0.05) is 31.0 Å². The zero-order valence-electron chi connectivity index (χ0n) is 23.5. The first-order valence-corrected chi connectivity index (χ1v) is 14.7. The Morgan fingerprint density at radius 3 is 2.52 bits per heavy atom. The summed E-state index contributed by atoms with van der Waals surface area (Å²) in [5.74, 6) is -0.966. The van der Waals surface area contributed by atoms with E-state index in [4.69, 9.17) is 14.2 Å². The van der Waals surface area contributed by atoms with Gasteiger partial charge in [0.1, 0.15) is 30.7 Å². The van der Waals surface area contributed by atoms with Gasteiger partial charge in [0, 0.05) is 22.5 Å². The Hall–Kier alpha value is -3.44. The number of H-pyrrole nitrogens is 1. The van der Waals surface area contributed by atoms with Gasteiger partial charge in [-0.05, 0) is 79.0 Å². The minimum Gasteiger partial charge on any atom is -0.489 e. The summed E-state index contributed by atoms with van der Waals surface area (Å²) in [5, 5.41) is 40.2. The van der Waals surface area contributed by atoms with Crippen LogP contribution in [0.4, 0.5) is 0 Å². The van der Waals surface area contributed by atoms with E-state index in [9.17, 15) is 30.0 Å². The number of benzene rings is 2. The van der Waals surface area contributed by atoms with Crippen LogP contribution in [0, 0.1) is 6.92 Å². The summed E-state index contributed by atoms with van der Waals surface area (Å²) in [4.78, 5) is 27.5. The number of hydrogen-bond donors (Lipinski definition) is 5. The van der Waals surface area contributed by atoms with Crippen molar-refractivity contribution in [3.05, 3.63) is 64.3 Å². The number of nitrogens with one attached hydrogen (secondary N) is 1. The molecule has 10 nitrogen and oxygen atoms in total. The Bertz CT molecular complexity index is 1480. The van der Waals surface area contributed by atoms with Gasteiger partial charge in [-0.3, -0.25) is 4.79 Å². The number of aromatic amines is 1. The van der Waals surface area contributed by atoms with E-state index in [1.54, 1.807) is 0 Å². The quantitative estimate of drug-likeness (QED) is 0.252. The van der Waals surface area contributed by atoms with Crippen LogP contribution in [0.25, 0.3) is 10.9 Å². The van der Waals surface area contributed by atoms with E-state index in [1.807, 2.05) is 18.2 Å². The molecule has 5 N–H and O–H groups in total. The van der Waals surface area contributed by atoms with E-state index >= 15 is 0 Å². The zero-order chi connectivity index (χ0) is 29.5. The van der Waals surface area contributed by atoms with Crippen LogP contribution < -0.4 is 4.74 Å².